The van der Waals surface area contributed by atoms with Gasteiger partial charge in [-0.1, -0.05) is 39.0 Å². The minimum absolute atomic E-state index is 0.132. The lowest BCUT2D eigenvalue weighted by Gasteiger charge is -1.89. The Bertz CT molecular complexity index is 192. The molecule has 0 aliphatic rings. The molecule has 0 aromatic heterocycles. The maximum atomic E-state index is 12.3. The van der Waals surface area contributed by atoms with Crippen molar-refractivity contribution in [3.05, 3.63) is 35.6 Å². The van der Waals surface area contributed by atoms with Crippen LogP contribution >= 0.6 is 0 Å². The number of halogens is 1. The van der Waals surface area contributed by atoms with Crippen molar-refractivity contribution in [2.75, 3.05) is 0 Å². The smallest absolute Gasteiger partial charge is 0.126 e. The molecule has 0 bridgehead atoms. The van der Waals surface area contributed by atoms with Crippen molar-refractivity contribution in [2.24, 2.45) is 5.92 Å². The molecule has 0 amide bonds. The second-order valence-electron chi connectivity index (χ2n) is 3.48. The lowest BCUT2D eigenvalue weighted by molar-refractivity contribution is 0.618. The van der Waals surface area contributed by atoms with E-state index in [1.54, 1.807) is 19.1 Å². The zero-order chi connectivity index (χ0) is 9.56. The third-order valence-electron chi connectivity index (χ3n) is 1.08. The number of benzene rings is 1. The third kappa shape index (κ3) is 5.90. The molecule has 0 saturated heterocycles. The normalized spacial score (nSPS) is 9.17. The van der Waals surface area contributed by atoms with E-state index in [1.165, 1.54) is 6.07 Å². The minimum Gasteiger partial charge on any atom is -0.207 e. The predicted octanol–water partition coefficient (Wildman–Crippen LogP) is 3.80. The number of hydrogen-bond acceptors (Lipinski definition) is 0. The summed E-state index contributed by atoms with van der Waals surface area (Å²) >= 11 is 0. The fourth-order valence-electron chi connectivity index (χ4n) is 0.551. The summed E-state index contributed by atoms with van der Waals surface area (Å²) in [6.45, 7) is 8.25. The van der Waals surface area contributed by atoms with Gasteiger partial charge in [-0.05, 0) is 24.5 Å². The van der Waals surface area contributed by atoms with Crippen molar-refractivity contribution >= 4 is 0 Å². The van der Waals surface area contributed by atoms with Crippen LogP contribution in [0.2, 0.25) is 0 Å². The first-order valence-electron chi connectivity index (χ1n) is 4.25. The Labute approximate surface area is 74.4 Å². The maximum Gasteiger partial charge on any atom is 0.126 e. The average molecular weight is 168 g/mol. The van der Waals surface area contributed by atoms with Crippen LogP contribution in [-0.4, -0.2) is 0 Å². The molecule has 0 heterocycles. The second kappa shape index (κ2) is 5.76. The van der Waals surface area contributed by atoms with Gasteiger partial charge >= 0.3 is 0 Å². The van der Waals surface area contributed by atoms with E-state index in [1.807, 2.05) is 6.07 Å². The first-order chi connectivity index (χ1) is 5.54. The van der Waals surface area contributed by atoms with Gasteiger partial charge in [0.25, 0.3) is 0 Å². The molecule has 0 radical (unpaired) electrons. The Morgan fingerprint density at radius 2 is 1.50 bits per heavy atom. The Kier molecular flexibility index (Phi) is 5.35. The van der Waals surface area contributed by atoms with Crippen molar-refractivity contribution in [1.29, 1.82) is 0 Å². The van der Waals surface area contributed by atoms with E-state index in [9.17, 15) is 4.39 Å². The lowest BCUT2D eigenvalue weighted by Crippen LogP contribution is -1.76. The summed E-state index contributed by atoms with van der Waals surface area (Å²) in [6, 6.07) is 6.70. The topological polar surface area (TPSA) is 0 Å². The molecule has 0 N–H and O–H groups in total. The van der Waals surface area contributed by atoms with Gasteiger partial charge in [-0.2, -0.15) is 0 Å². The van der Waals surface area contributed by atoms with Gasteiger partial charge in [-0.25, -0.2) is 4.39 Å². The van der Waals surface area contributed by atoms with Crippen molar-refractivity contribution in [2.45, 2.75) is 27.7 Å². The summed E-state index contributed by atoms with van der Waals surface area (Å²) in [4.78, 5) is 0. The summed E-state index contributed by atoms with van der Waals surface area (Å²) in [5.41, 5.74) is 0.701. The molecule has 1 rings (SSSR count). The molecule has 0 fully saturated rings. The highest BCUT2D eigenvalue weighted by Crippen LogP contribution is 2.01. The van der Waals surface area contributed by atoms with Gasteiger partial charge in [0.2, 0.25) is 0 Å². The van der Waals surface area contributed by atoms with E-state index < -0.39 is 0 Å². The van der Waals surface area contributed by atoms with E-state index in [4.69, 9.17) is 0 Å². The van der Waals surface area contributed by atoms with Crippen LogP contribution in [0.4, 0.5) is 4.39 Å². The molecule has 0 atom stereocenters. The largest absolute Gasteiger partial charge is 0.207 e. The highest BCUT2D eigenvalue weighted by molar-refractivity contribution is 5.14. The molecule has 0 aliphatic heterocycles. The standard InChI is InChI=1S/C7H7F.C4H10/c1-6-4-2-3-5-7(6)8;1-4(2)3/h2-5H,1H3;4H,1-3H3. The quantitative estimate of drug-likeness (QED) is 0.552. The fourth-order valence-corrected chi connectivity index (χ4v) is 0.551. The fraction of sp³-hybridized carbons (Fsp3) is 0.455. The van der Waals surface area contributed by atoms with Crippen LogP contribution < -0.4 is 0 Å². The minimum atomic E-state index is -0.132. The highest BCUT2D eigenvalue weighted by Gasteiger charge is 1.88. The average Bonchev–Trinajstić information content (AvgIpc) is 1.94. The summed E-state index contributed by atoms with van der Waals surface area (Å²) in [5.74, 6) is 0.701. The van der Waals surface area contributed by atoms with Gasteiger partial charge in [-0.15, -0.1) is 0 Å². The molecule has 0 spiro atoms. The molecule has 1 aromatic rings. The molecule has 1 heteroatoms. The van der Waals surface area contributed by atoms with Crippen LogP contribution in [0, 0.1) is 18.7 Å². The summed E-state index contributed by atoms with van der Waals surface area (Å²) in [6.07, 6.45) is 0. The van der Waals surface area contributed by atoms with E-state index in [-0.39, 0.29) is 5.82 Å². The Hall–Kier alpha value is -0.850. The van der Waals surface area contributed by atoms with E-state index in [2.05, 4.69) is 20.8 Å². The number of hydrogen-bond donors (Lipinski definition) is 0. The van der Waals surface area contributed by atoms with Gasteiger partial charge < -0.3 is 0 Å². The zero-order valence-electron chi connectivity index (χ0n) is 8.26. The summed E-state index contributed by atoms with van der Waals surface area (Å²) < 4.78 is 12.3. The summed E-state index contributed by atoms with van der Waals surface area (Å²) in [5, 5.41) is 0. The zero-order valence-corrected chi connectivity index (χ0v) is 8.26. The van der Waals surface area contributed by atoms with Gasteiger partial charge in [0.1, 0.15) is 5.82 Å². The molecule has 1 aromatic carbocycles. The number of rotatable bonds is 0. The molecule has 0 unspecified atom stereocenters. The Morgan fingerprint density at radius 1 is 1.08 bits per heavy atom. The van der Waals surface area contributed by atoms with E-state index in [0.29, 0.717) is 5.56 Å². The van der Waals surface area contributed by atoms with Crippen molar-refractivity contribution < 1.29 is 4.39 Å². The molecular weight excluding hydrogens is 151 g/mol. The van der Waals surface area contributed by atoms with E-state index in [0.717, 1.165) is 5.92 Å². The van der Waals surface area contributed by atoms with Gasteiger partial charge in [0.05, 0.1) is 0 Å². The van der Waals surface area contributed by atoms with Gasteiger partial charge in [-0.3, -0.25) is 0 Å². The molecular formula is C11H17F. The molecule has 0 nitrogen and oxygen atoms in total. The summed E-state index contributed by atoms with van der Waals surface area (Å²) in [7, 11) is 0. The van der Waals surface area contributed by atoms with Crippen molar-refractivity contribution in [1.82, 2.24) is 0 Å². The first kappa shape index (κ1) is 11.2. The first-order valence-corrected chi connectivity index (χ1v) is 4.25. The van der Waals surface area contributed by atoms with Crippen LogP contribution in [0.15, 0.2) is 24.3 Å². The monoisotopic (exact) mass is 168 g/mol. The van der Waals surface area contributed by atoms with E-state index >= 15 is 0 Å². The molecule has 68 valence electrons. The van der Waals surface area contributed by atoms with Crippen LogP contribution in [0.3, 0.4) is 0 Å². The van der Waals surface area contributed by atoms with Crippen molar-refractivity contribution in [3.63, 3.8) is 0 Å². The maximum absolute atomic E-state index is 12.3. The van der Waals surface area contributed by atoms with Crippen LogP contribution in [-0.2, 0) is 0 Å². The highest BCUT2D eigenvalue weighted by atomic mass is 19.1. The third-order valence-corrected chi connectivity index (χ3v) is 1.08. The van der Waals surface area contributed by atoms with Crippen LogP contribution in [0.25, 0.3) is 0 Å². The van der Waals surface area contributed by atoms with Gasteiger partial charge in [0.15, 0.2) is 0 Å². The Balaban J connectivity index is 0.000000261. The molecule has 0 aliphatic carbocycles. The number of aryl methyl sites for hydroxylation is 1. The molecule has 12 heavy (non-hydrogen) atoms. The molecule has 0 saturated carbocycles. The lowest BCUT2D eigenvalue weighted by atomic mass is 10.2. The second-order valence-corrected chi connectivity index (χ2v) is 3.48. The van der Waals surface area contributed by atoms with Gasteiger partial charge in [0, 0.05) is 0 Å². The Morgan fingerprint density at radius 3 is 1.75 bits per heavy atom. The SMILES string of the molecule is CC(C)C.Cc1ccccc1F. The van der Waals surface area contributed by atoms with Crippen LogP contribution in [0.1, 0.15) is 26.3 Å². The predicted molar refractivity (Wildman–Crippen MR) is 51.6 cm³/mol. The van der Waals surface area contributed by atoms with Crippen molar-refractivity contribution in [3.8, 4) is 0 Å². The van der Waals surface area contributed by atoms with Crippen LogP contribution in [0.5, 0.6) is 0 Å².